The standard InChI is InChI=1S/C24H30F3N5O3/c1-22(2)18-16(19(30-29-18)28-20(33)23(11-8-12-23)24(25,26)27)13-32(22)21(34)35-17(14-31(3)4)15-9-6-5-7-10-15/h5-7,9-10,17H,8,11-14H2,1-4H3,(H2,28,29,30,33)/t17-/m1/s1. The van der Waals surface area contributed by atoms with Crippen molar-refractivity contribution in [1.29, 1.82) is 0 Å². The predicted molar refractivity (Wildman–Crippen MR) is 122 cm³/mol. The molecule has 2 aliphatic rings. The molecule has 11 heteroatoms. The third-order valence-electron chi connectivity index (χ3n) is 7.05. The molecule has 35 heavy (non-hydrogen) atoms. The number of H-pyrrole nitrogens is 1. The maximum Gasteiger partial charge on any atom is 0.411 e. The van der Waals surface area contributed by atoms with Gasteiger partial charge in [0.1, 0.15) is 11.5 Å². The Morgan fingerprint density at radius 2 is 1.89 bits per heavy atom. The molecule has 1 aromatic carbocycles. The van der Waals surface area contributed by atoms with E-state index in [9.17, 15) is 22.8 Å². The lowest BCUT2D eigenvalue weighted by Gasteiger charge is -2.41. The van der Waals surface area contributed by atoms with Crippen molar-refractivity contribution in [2.75, 3.05) is 26.0 Å². The number of halogens is 3. The van der Waals surface area contributed by atoms with Crippen LogP contribution in [-0.4, -0.2) is 58.8 Å². The summed E-state index contributed by atoms with van der Waals surface area (Å²) < 4.78 is 46.7. The van der Waals surface area contributed by atoms with E-state index in [2.05, 4.69) is 15.5 Å². The van der Waals surface area contributed by atoms with Crippen LogP contribution in [0.15, 0.2) is 30.3 Å². The maximum absolute atomic E-state index is 13.6. The van der Waals surface area contributed by atoms with Gasteiger partial charge in [0.25, 0.3) is 0 Å². The first-order valence-electron chi connectivity index (χ1n) is 11.5. The zero-order chi connectivity index (χ0) is 25.6. The van der Waals surface area contributed by atoms with Crippen molar-refractivity contribution in [1.82, 2.24) is 20.0 Å². The van der Waals surface area contributed by atoms with Crippen molar-refractivity contribution >= 4 is 17.8 Å². The number of amides is 2. The molecule has 0 saturated heterocycles. The van der Waals surface area contributed by atoms with Gasteiger partial charge in [-0.15, -0.1) is 0 Å². The highest BCUT2D eigenvalue weighted by atomic mass is 19.4. The van der Waals surface area contributed by atoms with E-state index in [-0.39, 0.29) is 25.2 Å². The number of rotatable bonds is 6. The smallest absolute Gasteiger partial charge is 0.411 e. The van der Waals surface area contributed by atoms with E-state index in [1.54, 1.807) is 13.8 Å². The SMILES string of the molecule is CN(C)C[C@@H](OC(=O)N1Cc2c(NC(=O)C3(C(F)(F)F)CCC3)n[nH]c2C1(C)C)c1ccccc1. The molecule has 0 bridgehead atoms. The van der Waals surface area contributed by atoms with E-state index < -0.39 is 35.2 Å². The van der Waals surface area contributed by atoms with Crippen LogP contribution in [0.1, 0.15) is 56.0 Å². The molecule has 2 N–H and O–H groups in total. The van der Waals surface area contributed by atoms with Crippen molar-refractivity contribution in [3.8, 4) is 0 Å². The van der Waals surface area contributed by atoms with Crippen LogP contribution in [0.25, 0.3) is 0 Å². The van der Waals surface area contributed by atoms with Crippen LogP contribution in [0, 0.1) is 5.41 Å². The van der Waals surface area contributed by atoms with Crippen molar-refractivity contribution in [3.63, 3.8) is 0 Å². The quantitative estimate of drug-likeness (QED) is 0.615. The second-order valence-electron chi connectivity index (χ2n) is 10.0. The molecule has 8 nitrogen and oxygen atoms in total. The largest absolute Gasteiger partial charge is 0.440 e. The number of likely N-dealkylation sites (N-methyl/N-ethyl adjacent to an activating group) is 1. The zero-order valence-electron chi connectivity index (χ0n) is 20.2. The molecule has 1 fully saturated rings. The fraction of sp³-hybridized carbons (Fsp3) is 0.542. The number of hydrogen-bond donors (Lipinski definition) is 2. The minimum Gasteiger partial charge on any atom is -0.440 e. The number of alkyl halides is 3. The molecular weight excluding hydrogens is 463 g/mol. The van der Waals surface area contributed by atoms with E-state index in [4.69, 9.17) is 4.74 Å². The van der Waals surface area contributed by atoms with Gasteiger partial charge >= 0.3 is 12.3 Å². The van der Waals surface area contributed by atoms with Gasteiger partial charge in [0.2, 0.25) is 5.91 Å². The van der Waals surface area contributed by atoms with E-state index >= 15 is 0 Å². The van der Waals surface area contributed by atoms with Crippen LogP contribution >= 0.6 is 0 Å². The van der Waals surface area contributed by atoms with Gasteiger partial charge < -0.3 is 15.0 Å². The van der Waals surface area contributed by atoms with E-state index in [1.165, 1.54) is 4.90 Å². The first kappa shape index (κ1) is 25.0. The first-order chi connectivity index (χ1) is 16.4. The molecule has 1 aliphatic carbocycles. The Kier molecular flexibility index (Phi) is 6.33. The number of benzene rings is 1. The van der Waals surface area contributed by atoms with Crippen LogP contribution < -0.4 is 5.32 Å². The Balaban J connectivity index is 1.53. The second kappa shape index (κ2) is 8.85. The Morgan fingerprint density at radius 3 is 2.43 bits per heavy atom. The number of ether oxygens (including phenoxy) is 1. The van der Waals surface area contributed by atoms with E-state index in [0.29, 0.717) is 24.2 Å². The van der Waals surface area contributed by atoms with Crippen LogP contribution in [-0.2, 0) is 21.6 Å². The third-order valence-corrected chi connectivity index (χ3v) is 7.05. The molecule has 4 rings (SSSR count). The molecule has 0 radical (unpaired) electrons. The van der Waals surface area contributed by atoms with Gasteiger partial charge in [-0.2, -0.15) is 18.3 Å². The molecule has 2 heterocycles. The lowest BCUT2D eigenvalue weighted by Crippen LogP contribution is -2.52. The fourth-order valence-corrected chi connectivity index (χ4v) is 4.70. The molecule has 1 atom stereocenters. The summed E-state index contributed by atoms with van der Waals surface area (Å²) in [6, 6.07) is 9.38. The number of nitrogens with one attached hydrogen (secondary N) is 2. The Morgan fingerprint density at radius 1 is 1.23 bits per heavy atom. The highest BCUT2D eigenvalue weighted by Crippen LogP contribution is 2.54. The molecule has 0 spiro atoms. The molecular formula is C24H30F3N5O3. The van der Waals surface area contributed by atoms with Crippen molar-refractivity contribution < 1.29 is 27.5 Å². The Labute approximate surface area is 201 Å². The summed E-state index contributed by atoms with van der Waals surface area (Å²) in [7, 11) is 3.76. The lowest BCUT2D eigenvalue weighted by molar-refractivity contribution is -0.240. The minimum atomic E-state index is -4.64. The number of anilines is 1. The summed E-state index contributed by atoms with van der Waals surface area (Å²) >= 11 is 0. The van der Waals surface area contributed by atoms with Gasteiger partial charge in [-0.3, -0.25) is 14.8 Å². The van der Waals surface area contributed by atoms with Crippen LogP contribution in [0.2, 0.25) is 0 Å². The lowest BCUT2D eigenvalue weighted by atomic mass is 9.67. The molecule has 2 amide bonds. The molecule has 1 aliphatic heterocycles. The van der Waals surface area contributed by atoms with Crippen LogP contribution in [0.3, 0.4) is 0 Å². The molecule has 190 valence electrons. The monoisotopic (exact) mass is 493 g/mol. The van der Waals surface area contributed by atoms with Gasteiger partial charge in [-0.25, -0.2) is 4.79 Å². The van der Waals surface area contributed by atoms with Crippen LogP contribution in [0.4, 0.5) is 23.8 Å². The van der Waals surface area contributed by atoms with Gasteiger partial charge in [0.15, 0.2) is 5.82 Å². The van der Waals surface area contributed by atoms with Crippen molar-refractivity contribution in [2.45, 2.75) is 57.5 Å². The molecule has 1 aromatic heterocycles. The number of aromatic nitrogens is 2. The minimum absolute atomic E-state index is 0.0109. The number of nitrogens with zero attached hydrogens (tertiary/aromatic N) is 3. The number of fused-ring (bicyclic) bond motifs is 1. The number of aromatic amines is 1. The Bertz CT molecular complexity index is 1090. The van der Waals surface area contributed by atoms with Crippen LogP contribution in [0.5, 0.6) is 0 Å². The summed E-state index contributed by atoms with van der Waals surface area (Å²) in [6.45, 7) is 4.08. The zero-order valence-corrected chi connectivity index (χ0v) is 20.2. The number of hydrogen-bond acceptors (Lipinski definition) is 5. The van der Waals surface area contributed by atoms with Gasteiger partial charge in [0, 0.05) is 12.1 Å². The average Bonchev–Trinajstić information content (AvgIpc) is 3.24. The number of carbonyl (C=O) groups excluding carboxylic acids is 2. The maximum atomic E-state index is 13.6. The molecule has 2 aromatic rings. The average molecular weight is 494 g/mol. The Hall–Kier alpha value is -3.08. The summed E-state index contributed by atoms with van der Waals surface area (Å²) in [5, 5.41) is 9.24. The van der Waals surface area contributed by atoms with Gasteiger partial charge in [0.05, 0.1) is 17.8 Å². The topological polar surface area (TPSA) is 90.6 Å². The first-order valence-corrected chi connectivity index (χ1v) is 11.5. The number of carbonyl (C=O) groups is 2. The van der Waals surface area contributed by atoms with Gasteiger partial charge in [-0.1, -0.05) is 36.8 Å². The highest BCUT2D eigenvalue weighted by Gasteiger charge is 2.63. The normalized spacial score (nSPS) is 19.1. The van der Waals surface area contributed by atoms with Gasteiger partial charge in [-0.05, 0) is 46.3 Å². The predicted octanol–water partition coefficient (Wildman–Crippen LogP) is 4.57. The highest BCUT2D eigenvalue weighted by molar-refractivity contribution is 5.96. The van der Waals surface area contributed by atoms with Crippen molar-refractivity contribution in [3.05, 3.63) is 47.2 Å². The van der Waals surface area contributed by atoms with E-state index in [0.717, 1.165) is 5.56 Å². The fourth-order valence-electron chi connectivity index (χ4n) is 4.70. The molecule has 0 unspecified atom stereocenters. The summed E-state index contributed by atoms with van der Waals surface area (Å²) in [5.41, 5.74) is -1.40. The summed E-state index contributed by atoms with van der Waals surface area (Å²) in [6.07, 6.45) is -5.87. The summed E-state index contributed by atoms with van der Waals surface area (Å²) in [5.74, 6) is -1.10. The van der Waals surface area contributed by atoms with Crippen molar-refractivity contribution in [2.24, 2.45) is 5.41 Å². The second-order valence-corrected chi connectivity index (χ2v) is 10.0. The third kappa shape index (κ3) is 4.37. The van der Waals surface area contributed by atoms with E-state index in [1.807, 2.05) is 49.3 Å². The summed E-state index contributed by atoms with van der Waals surface area (Å²) in [4.78, 5) is 29.3. The molecule has 1 saturated carbocycles.